The highest BCUT2D eigenvalue weighted by molar-refractivity contribution is 8.03. The second-order valence-electron chi connectivity index (χ2n) is 1.80. The molecular formula is C7H14OS. The zero-order valence-electron chi connectivity index (χ0n) is 6.05. The van der Waals surface area contributed by atoms with E-state index in [1.165, 1.54) is 4.91 Å². The Hall–Kier alpha value is 0.0500. The first-order chi connectivity index (χ1) is 4.31. The lowest BCUT2D eigenvalue weighted by Crippen LogP contribution is -1.84. The molecule has 0 unspecified atom stereocenters. The van der Waals surface area contributed by atoms with Gasteiger partial charge in [-0.05, 0) is 18.2 Å². The molecule has 1 nitrogen and oxygen atoms in total. The Morgan fingerprint density at radius 3 is 2.78 bits per heavy atom. The highest BCUT2D eigenvalue weighted by atomic mass is 32.2. The summed E-state index contributed by atoms with van der Waals surface area (Å²) < 4.78 is 0. The minimum absolute atomic E-state index is 0.277. The zero-order valence-corrected chi connectivity index (χ0v) is 6.87. The highest BCUT2D eigenvalue weighted by Crippen LogP contribution is 2.13. The third-order valence-electron chi connectivity index (χ3n) is 0.913. The van der Waals surface area contributed by atoms with Crippen LogP contribution in [0, 0.1) is 0 Å². The van der Waals surface area contributed by atoms with Crippen LogP contribution < -0.4 is 0 Å². The standard InChI is InChI=1S/C7H14OS/c1-3-4-7(2)9-6-5-8/h4,8H,3,5-6H2,1-2H3. The van der Waals surface area contributed by atoms with Gasteiger partial charge in [0.05, 0.1) is 6.61 Å². The molecule has 9 heavy (non-hydrogen) atoms. The van der Waals surface area contributed by atoms with Crippen LogP contribution in [-0.4, -0.2) is 17.5 Å². The first-order valence-electron chi connectivity index (χ1n) is 3.21. The van der Waals surface area contributed by atoms with Crippen molar-refractivity contribution in [2.75, 3.05) is 12.4 Å². The third-order valence-corrected chi connectivity index (χ3v) is 1.92. The molecule has 0 aliphatic rings. The summed E-state index contributed by atoms with van der Waals surface area (Å²) in [4.78, 5) is 1.31. The molecule has 0 radical (unpaired) electrons. The molecule has 0 aromatic rings. The van der Waals surface area contributed by atoms with Gasteiger partial charge in [0.25, 0.3) is 0 Å². The Labute approximate surface area is 61.2 Å². The van der Waals surface area contributed by atoms with E-state index >= 15 is 0 Å². The summed E-state index contributed by atoms with van der Waals surface area (Å²) in [5.41, 5.74) is 0. The number of hydrogen-bond donors (Lipinski definition) is 1. The molecule has 0 aromatic carbocycles. The molecule has 0 fully saturated rings. The van der Waals surface area contributed by atoms with E-state index in [0.717, 1.165) is 12.2 Å². The van der Waals surface area contributed by atoms with E-state index < -0.39 is 0 Å². The fourth-order valence-electron chi connectivity index (χ4n) is 0.553. The number of aliphatic hydroxyl groups excluding tert-OH is 1. The van der Waals surface area contributed by atoms with Gasteiger partial charge in [0, 0.05) is 5.75 Å². The SMILES string of the molecule is CCC=C(C)SCCO. The van der Waals surface area contributed by atoms with Gasteiger partial charge in [-0.25, -0.2) is 0 Å². The molecule has 2 heteroatoms. The first kappa shape index (κ1) is 9.05. The lowest BCUT2D eigenvalue weighted by molar-refractivity contribution is 0.322. The van der Waals surface area contributed by atoms with Crippen LogP contribution in [0.25, 0.3) is 0 Å². The normalized spacial score (nSPS) is 12.1. The van der Waals surface area contributed by atoms with E-state index in [-0.39, 0.29) is 6.61 Å². The van der Waals surface area contributed by atoms with Gasteiger partial charge in [0.2, 0.25) is 0 Å². The Morgan fingerprint density at radius 2 is 2.33 bits per heavy atom. The summed E-state index contributed by atoms with van der Waals surface area (Å²) in [6, 6.07) is 0. The summed E-state index contributed by atoms with van der Waals surface area (Å²) in [7, 11) is 0. The topological polar surface area (TPSA) is 20.2 Å². The molecule has 0 heterocycles. The van der Waals surface area contributed by atoms with Crippen LogP contribution in [0.4, 0.5) is 0 Å². The minimum atomic E-state index is 0.277. The molecule has 0 rings (SSSR count). The molecule has 0 saturated carbocycles. The molecule has 0 aliphatic carbocycles. The maximum absolute atomic E-state index is 8.44. The van der Waals surface area contributed by atoms with Crippen molar-refractivity contribution in [3.63, 3.8) is 0 Å². The maximum Gasteiger partial charge on any atom is 0.0525 e. The number of rotatable bonds is 4. The van der Waals surface area contributed by atoms with Gasteiger partial charge in [-0.3, -0.25) is 0 Å². The first-order valence-corrected chi connectivity index (χ1v) is 4.20. The Bertz CT molecular complexity index is 88.9. The molecule has 0 aromatic heterocycles. The van der Waals surface area contributed by atoms with E-state index in [2.05, 4.69) is 19.9 Å². The predicted molar refractivity (Wildman–Crippen MR) is 43.6 cm³/mol. The Morgan fingerprint density at radius 1 is 1.67 bits per heavy atom. The zero-order chi connectivity index (χ0) is 7.11. The lowest BCUT2D eigenvalue weighted by Gasteiger charge is -1.95. The minimum Gasteiger partial charge on any atom is -0.396 e. The largest absolute Gasteiger partial charge is 0.396 e. The van der Waals surface area contributed by atoms with Gasteiger partial charge in [-0.2, -0.15) is 0 Å². The lowest BCUT2D eigenvalue weighted by atomic mass is 10.4. The van der Waals surface area contributed by atoms with Gasteiger partial charge in [-0.15, -0.1) is 11.8 Å². The van der Waals surface area contributed by atoms with Crippen LogP contribution in [-0.2, 0) is 0 Å². The van der Waals surface area contributed by atoms with Crippen molar-refractivity contribution in [3.05, 3.63) is 11.0 Å². The summed E-state index contributed by atoms with van der Waals surface area (Å²) in [5.74, 6) is 0.822. The molecular weight excluding hydrogens is 132 g/mol. The number of aliphatic hydroxyl groups is 1. The summed E-state index contributed by atoms with van der Waals surface area (Å²) in [6.45, 7) is 4.46. The predicted octanol–water partition coefficient (Wildman–Crippen LogP) is 2.03. The molecule has 1 N–H and O–H groups in total. The maximum atomic E-state index is 8.44. The smallest absolute Gasteiger partial charge is 0.0525 e. The van der Waals surface area contributed by atoms with Crippen LogP contribution in [0.5, 0.6) is 0 Å². The van der Waals surface area contributed by atoms with Gasteiger partial charge in [0.1, 0.15) is 0 Å². The van der Waals surface area contributed by atoms with Crippen molar-refractivity contribution in [2.45, 2.75) is 20.3 Å². The fourth-order valence-corrected chi connectivity index (χ4v) is 1.25. The van der Waals surface area contributed by atoms with Crippen LogP contribution >= 0.6 is 11.8 Å². The number of hydrogen-bond acceptors (Lipinski definition) is 2. The number of allylic oxidation sites excluding steroid dienone is 2. The molecule has 0 atom stereocenters. The van der Waals surface area contributed by atoms with Gasteiger partial charge >= 0.3 is 0 Å². The Balaban J connectivity index is 3.25. The summed E-state index contributed by atoms with van der Waals surface area (Å²) in [5, 5.41) is 8.44. The molecule has 0 aliphatic heterocycles. The highest BCUT2D eigenvalue weighted by Gasteiger charge is 1.86. The van der Waals surface area contributed by atoms with Crippen molar-refractivity contribution in [3.8, 4) is 0 Å². The van der Waals surface area contributed by atoms with E-state index in [1.54, 1.807) is 11.8 Å². The third kappa shape index (κ3) is 5.93. The average molecular weight is 146 g/mol. The summed E-state index contributed by atoms with van der Waals surface area (Å²) >= 11 is 1.71. The van der Waals surface area contributed by atoms with E-state index in [4.69, 9.17) is 5.11 Å². The molecule has 0 saturated heterocycles. The monoisotopic (exact) mass is 146 g/mol. The van der Waals surface area contributed by atoms with Crippen molar-refractivity contribution < 1.29 is 5.11 Å². The van der Waals surface area contributed by atoms with Crippen molar-refractivity contribution in [1.29, 1.82) is 0 Å². The molecule has 0 bridgehead atoms. The van der Waals surface area contributed by atoms with Crippen LogP contribution in [0.15, 0.2) is 11.0 Å². The van der Waals surface area contributed by atoms with E-state index in [0.29, 0.717) is 0 Å². The average Bonchev–Trinajstić information content (AvgIpc) is 1.85. The molecule has 0 spiro atoms. The van der Waals surface area contributed by atoms with Crippen molar-refractivity contribution in [1.82, 2.24) is 0 Å². The van der Waals surface area contributed by atoms with Gasteiger partial charge < -0.3 is 5.11 Å². The van der Waals surface area contributed by atoms with Crippen molar-refractivity contribution in [2.24, 2.45) is 0 Å². The van der Waals surface area contributed by atoms with Gasteiger partial charge in [-0.1, -0.05) is 13.0 Å². The van der Waals surface area contributed by atoms with Crippen LogP contribution in [0.2, 0.25) is 0 Å². The second kappa shape index (κ2) is 6.17. The second-order valence-corrected chi connectivity index (χ2v) is 3.14. The van der Waals surface area contributed by atoms with E-state index in [9.17, 15) is 0 Å². The molecule has 54 valence electrons. The van der Waals surface area contributed by atoms with Crippen LogP contribution in [0.1, 0.15) is 20.3 Å². The van der Waals surface area contributed by atoms with Crippen molar-refractivity contribution >= 4 is 11.8 Å². The van der Waals surface area contributed by atoms with Crippen LogP contribution in [0.3, 0.4) is 0 Å². The number of thioether (sulfide) groups is 1. The van der Waals surface area contributed by atoms with E-state index in [1.807, 2.05) is 0 Å². The van der Waals surface area contributed by atoms with Gasteiger partial charge in [0.15, 0.2) is 0 Å². The Kier molecular flexibility index (Phi) is 6.21. The fraction of sp³-hybridized carbons (Fsp3) is 0.714. The quantitative estimate of drug-likeness (QED) is 0.655. The molecule has 0 amide bonds. The summed E-state index contributed by atoms with van der Waals surface area (Å²) in [6.07, 6.45) is 3.25.